The lowest BCUT2D eigenvalue weighted by Crippen LogP contribution is -2.41. The molecule has 0 radical (unpaired) electrons. The van der Waals surface area contributed by atoms with Crippen LogP contribution >= 0.6 is 0 Å². The Morgan fingerprint density at radius 3 is 2.52 bits per heavy atom. The number of nitrogens with one attached hydrogen (secondary N) is 1. The molecule has 1 atom stereocenters. The van der Waals surface area contributed by atoms with Gasteiger partial charge in [-0.3, -0.25) is 9.89 Å². The van der Waals surface area contributed by atoms with Crippen LogP contribution in [0.3, 0.4) is 0 Å². The number of hydrogen-bond acceptors (Lipinski definition) is 3. The molecule has 1 aromatic heterocycles. The van der Waals surface area contributed by atoms with Crippen molar-refractivity contribution < 1.29 is 9.90 Å². The third kappa shape index (κ3) is 3.70. The van der Waals surface area contributed by atoms with Crippen LogP contribution in [0.25, 0.3) is 11.3 Å². The van der Waals surface area contributed by atoms with Crippen LogP contribution in [-0.4, -0.2) is 44.8 Å². The van der Waals surface area contributed by atoms with E-state index < -0.39 is 6.10 Å². The molecule has 1 amide bonds. The van der Waals surface area contributed by atoms with Gasteiger partial charge in [0.1, 0.15) is 5.69 Å². The summed E-state index contributed by atoms with van der Waals surface area (Å²) in [5.41, 5.74) is 2.13. The zero-order chi connectivity index (χ0) is 15.4. The Morgan fingerprint density at radius 1 is 1.29 bits per heavy atom. The largest absolute Gasteiger partial charge is 0.392 e. The van der Waals surface area contributed by atoms with E-state index in [9.17, 15) is 9.90 Å². The number of carbonyl (C=O) groups is 1. The molecule has 5 nitrogen and oxygen atoms in total. The standard InChI is InChI=1S/C16H21N3O2/c1-11(2)19(10-12(3)20)16(21)15-9-14(17-18-15)13-7-5-4-6-8-13/h4-9,11-12,20H,10H2,1-3H3,(H,17,18). The van der Waals surface area contributed by atoms with Crippen LogP contribution in [-0.2, 0) is 0 Å². The molecular formula is C16H21N3O2. The molecule has 5 heteroatoms. The van der Waals surface area contributed by atoms with Crippen molar-refractivity contribution in [3.8, 4) is 11.3 Å². The van der Waals surface area contributed by atoms with Gasteiger partial charge in [0.25, 0.3) is 5.91 Å². The van der Waals surface area contributed by atoms with Crippen molar-refractivity contribution >= 4 is 5.91 Å². The third-order valence-electron chi connectivity index (χ3n) is 3.22. The molecule has 0 aliphatic carbocycles. The van der Waals surface area contributed by atoms with E-state index in [-0.39, 0.29) is 11.9 Å². The molecule has 1 heterocycles. The molecule has 2 N–H and O–H groups in total. The summed E-state index contributed by atoms with van der Waals surface area (Å²) in [7, 11) is 0. The minimum Gasteiger partial charge on any atom is -0.392 e. The number of amides is 1. The molecule has 2 rings (SSSR count). The van der Waals surface area contributed by atoms with Crippen molar-refractivity contribution in [2.45, 2.75) is 32.9 Å². The molecule has 21 heavy (non-hydrogen) atoms. The van der Waals surface area contributed by atoms with Gasteiger partial charge in [0.05, 0.1) is 11.8 Å². The number of carbonyl (C=O) groups excluding carboxylic acids is 1. The van der Waals surface area contributed by atoms with E-state index in [0.29, 0.717) is 12.2 Å². The fraction of sp³-hybridized carbons (Fsp3) is 0.375. The summed E-state index contributed by atoms with van der Waals surface area (Å²) in [6.45, 7) is 5.82. The molecule has 112 valence electrons. The summed E-state index contributed by atoms with van der Waals surface area (Å²) in [5, 5.41) is 16.5. The highest BCUT2D eigenvalue weighted by molar-refractivity contribution is 5.93. The highest BCUT2D eigenvalue weighted by atomic mass is 16.3. The summed E-state index contributed by atoms with van der Waals surface area (Å²) < 4.78 is 0. The predicted octanol–water partition coefficient (Wildman–Crippen LogP) is 2.31. The van der Waals surface area contributed by atoms with E-state index in [2.05, 4.69) is 10.2 Å². The predicted molar refractivity (Wildman–Crippen MR) is 81.9 cm³/mol. The molecule has 0 spiro atoms. The highest BCUT2D eigenvalue weighted by Gasteiger charge is 2.22. The molecule has 2 aromatic rings. The Kier molecular flexibility index (Phi) is 4.75. The number of aromatic amines is 1. The average molecular weight is 287 g/mol. The summed E-state index contributed by atoms with van der Waals surface area (Å²) in [4.78, 5) is 14.1. The van der Waals surface area contributed by atoms with Crippen LogP contribution in [0.15, 0.2) is 36.4 Å². The first-order chi connectivity index (χ1) is 9.99. The summed E-state index contributed by atoms with van der Waals surface area (Å²) >= 11 is 0. The van der Waals surface area contributed by atoms with E-state index in [0.717, 1.165) is 11.3 Å². The molecular weight excluding hydrogens is 266 g/mol. The monoisotopic (exact) mass is 287 g/mol. The van der Waals surface area contributed by atoms with Gasteiger partial charge in [-0.15, -0.1) is 0 Å². The molecule has 0 saturated heterocycles. The fourth-order valence-electron chi connectivity index (χ4n) is 2.16. The zero-order valence-corrected chi connectivity index (χ0v) is 12.6. The van der Waals surface area contributed by atoms with Crippen molar-refractivity contribution in [1.82, 2.24) is 15.1 Å². The smallest absolute Gasteiger partial charge is 0.272 e. The number of H-pyrrole nitrogens is 1. The molecule has 0 aliphatic heterocycles. The van der Waals surface area contributed by atoms with E-state index in [1.165, 1.54) is 0 Å². The third-order valence-corrected chi connectivity index (χ3v) is 3.22. The number of nitrogens with zero attached hydrogens (tertiary/aromatic N) is 2. The summed E-state index contributed by atoms with van der Waals surface area (Å²) in [6.07, 6.45) is -0.562. The molecule has 1 aromatic carbocycles. The van der Waals surface area contributed by atoms with Crippen molar-refractivity contribution in [3.63, 3.8) is 0 Å². The van der Waals surface area contributed by atoms with Crippen LogP contribution in [0.5, 0.6) is 0 Å². The van der Waals surface area contributed by atoms with E-state index in [1.807, 2.05) is 44.2 Å². The second-order valence-electron chi connectivity index (χ2n) is 5.43. The first-order valence-corrected chi connectivity index (χ1v) is 7.09. The Morgan fingerprint density at radius 2 is 1.95 bits per heavy atom. The minimum atomic E-state index is -0.562. The quantitative estimate of drug-likeness (QED) is 0.886. The minimum absolute atomic E-state index is 0.00979. The Balaban J connectivity index is 2.22. The van der Waals surface area contributed by atoms with Gasteiger partial charge in [0.15, 0.2) is 0 Å². The lowest BCUT2D eigenvalue weighted by molar-refractivity contribution is 0.0573. The van der Waals surface area contributed by atoms with Gasteiger partial charge in [0, 0.05) is 18.2 Å². The van der Waals surface area contributed by atoms with E-state index >= 15 is 0 Å². The van der Waals surface area contributed by atoms with Gasteiger partial charge < -0.3 is 10.0 Å². The number of hydrogen-bond donors (Lipinski definition) is 2. The normalized spacial score (nSPS) is 12.4. The Bertz CT molecular complexity index is 591. The van der Waals surface area contributed by atoms with E-state index in [1.54, 1.807) is 17.9 Å². The second kappa shape index (κ2) is 6.54. The van der Waals surface area contributed by atoms with Gasteiger partial charge in [-0.25, -0.2) is 0 Å². The molecule has 0 aliphatic rings. The Labute approximate surface area is 124 Å². The van der Waals surface area contributed by atoms with Crippen LogP contribution in [0.1, 0.15) is 31.3 Å². The van der Waals surface area contributed by atoms with Crippen LogP contribution in [0.4, 0.5) is 0 Å². The summed E-state index contributed by atoms with van der Waals surface area (Å²) in [6, 6.07) is 11.4. The van der Waals surface area contributed by atoms with E-state index in [4.69, 9.17) is 0 Å². The maximum Gasteiger partial charge on any atom is 0.272 e. The fourth-order valence-corrected chi connectivity index (χ4v) is 2.16. The first-order valence-electron chi connectivity index (χ1n) is 7.09. The molecule has 0 bridgehead atoms. The number of aliphatic hydroxyl groups excluding tert-OH is 1. The molecule has 0 saturated carbocycles. The van der Waals surface area contributed by atoms with Crippen molar-refractivity contribution in [1.29, 1.82) is 0 Å². The summed E-state index contributed by atoms with van der Waals surface area (Å²) in [5.74, 6) is -0.152. The lowest BCUT2D eigenvalue weighted by atomic mass is 10.1. The van der Waals surface area contributed by atoms with Gasteiger partial charge in [-0.1, -0.05) is 30.3 Å². The maximum atomic E-state index is 12.5. The van der Waals surface area contributed by atoms with Crippen LogP contribution in [0, 0.1) is 0 Å². The molecule has 1 unspecified atom stereocenters. The van der Waals surface area contributed by atoms with Crippen molar-refractivity contribution in [3.05, 3.63) is 42.1 Å². The number of rotatable bonds is 5. The maximum absolute atomic E-state index is 12.5. The molecule has 0 fully saturated rings. The van der Waals surface area contributed by atoms with Gasteiger partial charge in [0.2, 0.25) is 0 Å². The van der Waals surface area contributed by atoms with Crippen LogP contribution < -0.4 is 0 Å². The lowest BCUT2D eigenvalue weighted by Gasteiger charge is -2.27. The Hall–Kier alpha value is -2.14. The van der Waals surface area contributed by atoms with Gasteiger partial charge >= 0.3 is 0 Å². The SMILES string of the molecule is CC(O)CN(C(=O)c1cc(-c2ccccc2)n[nH]1)C(C)C. The number of aromatic nitrogens is 2. The number of aliphatic hydroxyl groups is 1. The van der Waals surface area contributed by atoms with Gasteiger partial charge in [-0.2, -0.15) is 5.10 Å². The number of benzene rings is 1. The topological polar surface area (TPSA) is 69.2 Å². The second-order valence-corrected chi connectivity index (χ2v) is 5.43. The van der Waals surface area contributed by atoms with Gasteiger partial charge in [-0.05, 0) is 26.8 Å². The van der Waals surface area contributed by atoms with Crippen molar-refractivity contribution in [2.75, 3.05) is 6.54 Å². The van der Waals surface area contributed by atoms with Crippen molar-refractivity contribution in [2.24, 2.45) is 0 Å². The first kappa shape index (κ1) is 15.3. The average Bonchev–Trinajstić information content (AvgIpc) is 2.94. The highest BCUT2D eigenvalue weighted by Crippen LogP contribution is 2.18. The zero-order valence-electron chi connectivity index (χ0n) is 12.6. The van der Waals surface area contributed by atoms with Crippen LogP contribution in [0.2, 0.25) is 0 Å².